The highest BCUT2D eigenvalue weighted by Gasteiger charge is 2.30. The number of hydrogen-bond acceptors (Lipinski definition) is 3. The molecule has 0 aliphatic rings. The summed E-state index contributed by atoms with van der Waals surface area (Å²) >= 11 is 0. The van der Waals surface area contributed by atoms with Crippen molar-refractivity contribution in [2.45, 2.75) is 19.6 Å². The standard InChI is InChI=1S/C22H19F3N2O3/c1-14(28)27(2)13-15-5-3-8-18(11-15)26-21(29)20-10-9-19(30-20)16-6-4-7-17(12-16)22(23,24)25/h3-12H,13H2,1-2H3,(H,26,29). The zero-order chi connectivity index (χ0) is 21.9. The lowest BCUT2D eigenvalue weighted by Gasteiger charge is -2.15. The zero-order valence-electron chi connectivity index (χ0n) is 16.3. The monoisotopic (exact) mass is 416 g/mol. The molecule has 156 valence electrons. The van der Waals surface area contributed by atoms with Crippen LogP contribution in [-0.4, -0.2) is 23.8 Å². The maximum atomic E-state index is 12.9. The van der Waals surface area contributed by atoms with Crippen LogP contribution in [-0.2, 0) is 17.5 Å². The summed E-state index contributed by atoms with van der Waals surface area (Å²) in [6, 6.07) is 14.5. The molecule has 0 spiro atoms. The summed E-state index contributed by atoms with van der Waals surface area (Å²) in [4.78, 5) is 25.4. The van der Waals surface area contributed by atoms with Gasteiger partial charge in [0.2, 0.25) is 5.91 Å². The Kier molecular flexibility index (Phi) is 5.96. The lowest BCUT2D eigenvalue weighted by Crippen LogP contribution is -2.23. The van der Waals surface area contributed by atoms with Crippen LogP contribution in [0.5, 0.6) is 0 Å². The number of carbonyl (C=O) groups is 2. The average Bonchev–Trinajstić information content (AvgIpc) is 3.18. The van der Waals surface area contributed by atoms with Crippen molar-refractivity contribution in [3.63, 3.8) is 0 Å². The highest BCUT2D eigenvalue weighted by atomic mass is 19.4. The molecule has 1 N–H and O–H groups in total. The van der Waals surface area contributed by atoms with E-state index in [0.29, 0.717) is 12.2 Å². The smallest absolute Gasteiger partial charge is 0.416 e. The van der Waals surface area contributed by atoms with Crippen LogP contribution in [0, 0.1) is 0 Å². The molecule has 2 aromatic carbocycles. The quantitative estimate of drug-likeness (QED) is 0.622. The molecule has 3 aromatic rings. The number of benzene rings is 2. The van der Waals surface area contributed by atoms with E-state index in [-0.39, 0.29) is 23.0 Å². The van der Waals surface area contributed by atoms with E-state index in [1.54, 1.807) is 25.2 Å². The number of anilines is 1. The molecule has 0 aliphatic heterocycles. The third-order valence-corrected chi connectivity index (χ3v) is 4.45. The number of nitrogens with one attached hydrogen (secondary N) is 1. The van der Waals surface area contributed by atoms with Gasteiger partial charge in [0, 0.05) is 31.8 Å². The third-order valence-electron chi connectivity index (χ3n) is 4.45. The number of amides is 2. The molecule has 1 aromatic heterocycles. The van der Waals surface area contributed by atoms with E-state index in [1.165, 1.54) is 36.1 Å². The van der Waals surface area contributed by atoms with Crippen molar-refractivity contribution < 1.29 is 27.2 Å². The van der Waals surface area contributed by atoms with Crippen LogP contribution < -0.4 is 5.32 Å². The van der Waals surface area contributed by atoms with Crippen LogP contribution in [0.1, 0.15) is 28.6 Å². The molecule has 5 nitrogen and oxygen atoms in total. The number of carbonyl (C=O) groups excluding carboxylic acids is 2. The Bertz CT molecular complexity index is 1070. The Labute approximate surface area is 171 Å². The highest BCUT2D eigenvalue weighted by molar-refractivity contribution is 6.02. The van der Waals surface area contributed by atoms with Crippen molar-refractivity contribution in [2.75, 3.05) is 12.4 Å². The topological polar surface area (TPSA) is 62.6 Å². The van der Waals surface area contributed by atoms with Gasteiger partial charge in [-0.3, -0.25) is 9.59 Å². The van der Waals surface area contributed by atoms with Crippen LogP contribution in [0.25, 0.3) is 11.3 Å². The predicted molar refractivity (Wildman–Crippen MR) is 106 cm³/mol. The van der Waals surface area contributed by atoms with Gasteiger partial charge >= 0.3 is 6.18 Å². The molecule has 0 radical (unpaired) electrons. The Morgan fingerprint density at radius 2 is 1.77 bits per heavy atom. The van der Waals surface area contributed by atoms with Crippen LogP contribution in [0.3, 0.4) is 0 Å². The average molecular weight is 416 g/mol. The molecule has 0 fully saturated rings. The lowest BCUT2D eigenvalue weighted by atomic mass is 10.1. The van der Waals surface area contributed by atoms with Crippen molar-refractivity contribution in [1.82, 2.24) is 4.90 Å². The van der Waals surface area contributed by atoms with E-state index in [1.807, 2.05) is 6.07 Å². The Morgan fingerprint density at radius 3 is 2.47 bits per heavy atom. The van der Waals surface area contributed by atoms with E-state index in [9.17, 15) is 22.8 Å². The van der Waals surface area contributed by atoms with E-state index in [4.69, 9.17) is 4.42 Å². The minimum Gasteiger partial charge on any atom is -0.451 e. The van der Waals surface area contributed by atoms with Gasteiger partial charge in [0.1, 0.15) is 5.76 Å². The number of halogens is 3. The van der Waals surface area contributed by atoms with Crippen LogP contribution in [0.2, 0.25) is 0 Å². The van der Waals surface area contributed by atoms with Gasteiger partial charge < -0.3 is 14.6 Å². The number of rotatable bonds is 5. The van der Waals surface area contributed by atoms with Gasteiger partial charge in [-0.1, -0.05) is 24.3 Å². The van der Waals surface area contributed by atoms with Crippen molar-refractivity contribution in [2.24, 2.45) is 0 Å². The SMILES string of the molecule is CC(=O)N(C)Cc1cccc(NC(=O)c2ccc(-c3cccc(C(F)(F)F)c3)o2)c1. The molecular weight excluding hydrogens is 397 g/mol. The summed E-state index contributed by atoms with van der Waals surface area (Å²) in [5.41, 5.74) is 0.758. The predicted octanol–water partition coefficient (Wildman–Crippen LogP) is 5.20. The van der Waals surface area contributed by atoms with Gasteiger partial charge in [-0.05, 0) is 42.0 Å². The minimum absolute atomic E-state index is 0.0336. The molecule has 2 amide bonds. The third kappa shape index (κ3) is 5.08. The van der Waals surface area contributed by atoms with Gasteiger partial charge in [-0.25, -0.2) is 0 Å². The fourth-order valence-corrected chi connectivity index (χ4v) is 2.79. The summed E-state index contributed by atoms with van der Waals surface area (Å²) in [6.07, 6.45) is -4.47. The summed E-state index contributed by atoms with van der Waals surface area (Å²) in [7, 11) is 1.67. The molecule has 0 aliphatic carbocycles. The Hall–Kier alpha value is -3.55. The molecule has 0 unspecified atom stereocenters. The second-order valence-corrected chi connectivity index (χ2v) is 6.77. The maximum Gasteiger partial charge on any atom is 0.416 e. The van der Waals surface area contributed by atoms with Crippen LogP contribution in [0.15, 0.2) is 65.1 Å². The first-order valence-electron chi connectivity index (χ1n) is 9.03. The van der Waals surface area contributed by atoms with Gasteiger partial charge in [0.25, 0.3) is 5.91 Å². The van der Waals surface area contributed by atoms with Crippen molar-refractivity contribution in [1.29, 1.82) is 0 Å². The summed E-state index contributed by atoms with van der Waals surface area (Å²) < 4.78 is 44.2. The number of hydrogen-bond donors (Lipinski definition) is 1. The zero-order valence-corrected chi connectivity index (χ0v) is 16.3. The van der Waals surface area contributed by atoms with E-state index < -0.39 is 17.6 Å². The van der Waals surface area contributed by atoms with Gasteiger partial charge in [-0.2, -0.15) is 13.2 Å². The fourth-order valence-electron chi connectivity index (χ4n) is 2.79. The van der Waals surface area contributed by atoms with E-state index in [2.05, 4.69) is 5.32 Å². The Morgan fingerprint density at radius 1 is 1.03 bits per heavy atom. The number of alkyl halides is 3. The van der Waals surface area contributed by atoms with E-state index >= 15 is 0 Å². The fraction of sp³-hybridized carbons (Fsp3) is 0.182. The van der Waals surface area contributed by atoms with E-state index in [0.717, 1.165) is 17.7 Å². The number of nitrogens with zero attached hydrogens (tertiary/aromatic N) is 1. The van der Waals surface area contributed by atoms with Gasteiger partial charge in [-0.15, -0.1) is 0 Å². The second-order valence-electron chi connectivity index (χ2n) is 6.77. The molecule has 0 saturated heterocycles. The van der Waals surface area contributed by atoms with Crippen LogP contribution >= 0.6 is 0 Å². The normalized spacial score (nSPS) is 11.2. The molecule has 0 bridgehead atoms. The van der Waals surface area contributed by atoms with Gasteiger partial charge in [0.15, 0.2) is 5.76 Å². The molecule has 30 heavy (non-hydrogen) atoms. The lowest BCUT2D eigenvalue weighted by molar-refractivity contribution is -0.137. The largest absolute Gasteiger partial charge is 0.451 e. The summed E-state index contributed by atoms with van der Waals surface area (Å²) in [5, 5.41) is 2.69. The number of furan rings is 1. The Balaban J connectivity index is 1.74. The first kappa shape index (κ1) is 21.2. The van der Waals surface area contributed by atoms with Crippen LogP contribution in [0.4, 0.5) is 18.9 Å². The molecule has 8 heteroatoms. The molecule has 3 rings (SSSR count). The van der Waals surface area contributed by atoms with Crippen molar-refractivity contribution in [3.8, 4) is 11.3 Å². The van der Waals surface area contributed by atoms with Gasteiger partial charge in [0.05, 0.1) is 5.56 Å². The second kappa shape index (κ2) is 8.44. The van der Waals surface area contributed by atoms with Crippen molar-refractivity contribution in [3.05, 3.63) is 77.6 Å². The summed E-state index contributed by atoms with van der Waals surface area (Å²) in [6.45, 7) is 1.85. The summed E-state index contributed by atoms with van der Waals surface area (Å²) in [5.74, 6) is -0.496. The first-order chi connectivity index (χ1) is 14.1. The van der Waals surface area contributed by atoms with Crippen molar-refractivity contribution >= 4 is 17.5 Å². The highest BCUT2D eigenvalue weighted by Crippen LogP contribution is 2.32. The molecule has 1 heterocycles. The molecular formula is C22H19F3N2O3. The minimum atomic E-state index is -4.47. The first-order valence-corrected chi connectivity index (χ1v) is 9.03. The maximum absolute atomic E-state index is 12.9. The molecule has 0 saturated carbocycles. The molecule has 0 atom stereocenters.